The zero-order chi connectivity index (χ0) is 25.6. The highest BCUT2D eigenvalue weighted by molar-refractivity contribution is 7.92. The zero-order valence-electron chi connectivity index (χ0n) is 18.0. The molecule has 0 aliphatic heterocycles. The summed E-state index contributed by atoms with van der Waals surface area (Å²) in [6.07, 6.45) is -4.53. The van der Waals surface area contributed by atoms with E-state index in [9.17, 15) is 31.2 Å². The molecule has 3 rings (SSSR count). The highest BCUT2D eigenvalue weighted by Gasteiger charge is 2.30. The predicted molar refractivity (Wildman–Crippen MR) is 122 cm³/mol. The van der Waals surface area contributed by atoms with Gasteiger partial charge in [-0.1, -0.05) is 18.2 Å². The smallest absolute Gasteiger partial charge is 0.416 e. The van der Waals surface area contributed by atoms with E-state index in [0.29, 0.717) is 17.3 Å². The zero-order valence-corrected chi connectivity index (χ0v) is 18.8. The second-order valence-electron chi connectivity index (χ2n) is 7.33. The molecule has 0 unspecified atom stereocenters. The number of alkyl halides is 3. The van der Waals surface area contributed by atoms with Crippen LogP contribution in [0.15, 0.2) is 77.7 Å². The van der Waals surface area contributed by atoms with Crippen LogP contribution < -0.4 is 20.5 Å². The molecule has 8 nitrogen and oxygen atoms in total. The lowest BCUT2D eigenvalue weighted by Gasteiger charge is -2.12. The molecule has 3 aromatic carbocycles. The Morgan fingerprint density at radius 2 is 1.57 bits per heavy atom. The second kappa shape index (κ2) is 10.5. The molecule has 0 aromatic heterocycles. The van der Waals surface area contributed by atoms with Gasteiger partial charge in [-0.15, -0.1) is 0 Å². The van der Waals surface area contributed by atoms with Crippen LogP contribution in [-0.2, 0) is 32.2 Å². The SMILES string of the molecule is NC(=O)Cc1ccc(NC(=O)COc2ccc(S(=O)(=O)Nc3cccc(C(F)(F)F)c3)cc2)cc1. The van der Waals surface area contributed by atoms with Crippen LogP contribution in [0.25, 0.3) is 0 Å². The van der Waals surface area contributed by atoms with Crippen molar-refractivity contribution < 1.29 is 35.9 Å². The van der Waals surface area contributed by atoms with E-state index in [0.717, 1.165) is 12.1 Å². The predicted octanol–water partition coefficient (Wildman–Crippen LogP) is 3.55. The molecule has 0 bridgehead atoms. The number of sulfonamides is 1. The van der Waals surface area contributed by atoms with Gasteiger partial charge in [0.25, 0.3) is 15.9 Å². The van der Waals surface area contributed by atoms with Crippen LogP contribution in [0.1, 0.15) is 11.1 Å². The molecule has 2 amide bonds. The molecule has 0 radical (unpaired) electrons. The van der Waals surface area contributed by atoms with Gasteiger partial charge in [-0.25, -0.2) is 8.42 Å². The molecule has 184 valence electrons. The maximum Gasteiger partial charge on any atom is 0.416 e. The molecular weight excluding hydrogens is 487 g/mol. The summed E-state index contributed by atoms with van der Waals surface area (Å²) >= 11 is 0. The van der Waals surface area contributed by atoms with Gasteiger partial charge in [-0.3, -0.25) is 14.3 Å². The summed E-state index contributed by atoms with van der Waals surface area (Å²) in [5.41, 5.74) is 5.08. The van der Waals surface area contributed by atoms with E-state index in [1.165, 1.54) is 30.3 Å². The lowest BCUT2D eigenvalue weighted by molar-refractivity contribution is -0.137. The van der Waals surface area contributed by atoms with E-state index in [-0.39, 0.29) is 29.4 Å². The topological polar surface area (TPSA) is 128 Å². The molecule has 0 spiro atoms. The van der Waals surface area contributed by atoms with Crippen LogP contribution in [0.5, 0.6) is 5.75 Å². The number of nitrogens with one attached hydrogen (secondary N) is 2. The van der Waals surface area contributed by atoms with Crippen molar-refractivity contribution in [3.8, 4) is 5.75 Å². The van der Waals surface area contributed by atoms with E-state index in [1.54, 1.807) is 24.3 Å². The lowest BCUT2D eigenvalue weighted by atomic mass is 10.1. The Labute approximate surface area is 199 Å². The lowest BCUT2D eigenvalue weighted by Crippen LogP contribution is -2.20. The molecular formula is C23H20F3N3O5S. The average Bonchev–Trinajstić information content (AvgIpc) is 2.78. The van der Waals surface area contributed by atoms with Gasteiger partial charge in [0.05, 0.1) is 16.9 Å². The first kappa shape index (κ1) is 25.6. The van der Waals surface area contributed by atoms with E-state index >= 15 is 0 Å². The number of benzene rings is 3. The van der Waals surface area contributed by atoms with E-state index in [1.807, 2.05) is 0 Å². The number of rotatable bonds is 9. The van der Waals surface area contributed by atoms with Crippen molar-refractivity contribution in [1.82, 2.24) is 0 Å². The number of carbonyl (C=O) groups excluding carboxylic acids is 2. The third-order valence-corrected chi connectivity index (χ3v) is 5.96. The molecule has 0 fully saturated rings. The van der Waals surface area contributed by atoms with Crippen molar-refractivity contribution >= 4 is 33.2 Å². The number of primary amides is 1. The Kier molecular flexibility index (Phi) is 7.65. The third-order valence-electron chi connectivity index (χ3n) is 4.56. The van der Waals surface area contributed by atoms with Crippen molar-refractivity contribution in [2.45, 2.75) is 17.5 Å². The van der Waals surface area contributed by atoms with Gasteiger partial charge in [-0.05, 0) is 60.2 Å². The molecule has 0 aliphatic rings. The summed E-state index contributed by atoms with van der Waals surface area (Å²) in [5.74, 6) is -0.744. The van der Waals surface area contributed by atoms with Crippen molar-refractivity contribution in [2.24, 2.45) is 5.73 Å². The van der Waals surface area contributed by atoms with Gasteiger partial charge in [0, 0.05) is 11.4 Å². The number of nitrogens with two attached hydrogens (primary N) is 1. The molecule has 0 atom stereocenters. The second-order valence-corrected chi connectivity index (χ2v) is 9.01. The minimum Gasteiger partial charge on any atom is -0.484 e. The van der Waals surface area contributed by atoms with E-state index in [2.05, 4.69) is 10.0 Å². The van der Waals surface area contributed by atoms with Crippen LogP contribution in [0.4, 0.5) is 24.5 Å². The summed E-state index contributed by atoms with van der Waals surface area (Å²) in [6, 6.07) is 15.3. The monoisotopic (exact) mass is 507 g/mol. The average molecular weight is 507 g/mol. The van der Waals surface area contributed by atoms with Gasteiger partial charge in [0.1, 0.15) is 5.75 Å². The van der Waals surface area contributed by atoms with Gasteiger partial charge in [0.15, 0.2) is 6.61 Å². The largest absolute Gasteiger partial charge is 0.484 e. The summed E-state index contributed by atoms with van der Waals surface area (Å²) in [5, 5.41) is 2.60. The minimum atomic E-state index is -4.61. The number of ether oxygens (including phenoxy) is 1. The fourth-order valence-electron chi connectivity index (χ4n) is 2.94. The molecule has 4 N–H and O–H groups in total. The minimum absolute atomic E-state index is 0.0819. The Morgan fingerprint density at radius 1 is 0.914 bits per heavy atom. The van der Waals surface area contributed by atoms with Crippen LogP contribution in [-0.4, -0.2) is 26.8 Å². The maximum absolute atomic E-state index is 12.8. The van der Waals surface area contributed by atoms with E-state index < -0.39 is 33.6 Å². The Balaban J connectivity index is 1.56. The molecule has 0 saturated heterocycles. The Hall–Kier alpha value is -4.06. The number of carbonyl (C=O) groups is 2. The number of hydrogen-bond donors (Lipinski definition) is 3. The number of hydrogen-bond acceptors (Lipinski definition) is 5. The van der Waals surface area contributed by atoms with Crippen molar-refractivity contribution in [3.05, 3.63) is 83.9 Å². The van der Waals surface area contributed by atoms with Gasteiger partial charge in [0.2, 0.25) is 5.91 Å². The summed E-state index contributed by atoms with van der Waals surface area (Å²) < 4.78 is 71.0. The van der Waals surface area contributed by atoms with Crippen LogP contribution >= 0.6 is 0 Å². The van der Waals surface area contributed by atoms with Crippen LogP contribution in [0.3, 0.4) is 0 Å². The number of anilines is 2. The van der Waals surface area contributed by atoms with Gasteiger partial charge >= 0.3 is 6.18 Å². The third kappa shape index (κ3) is 7.47. The highest BCUT2D eigenvalue weighted by Crippen LogP contribution is 2.31. The number of amides is 2. The molecule has 0 heterocycles. The van der Waals surface area contributed by atoms with Gasteiger partial charge < -0.3 is 15.8 Å². The first-order valence-corrected chi connectivity index (χ1v) is 11.5. The number of halogens is 3. The normalized spacial score (nSPS) is 11.5. The summed E-state index contributed by atoms with van der Waals surface area (Å²) in [4.78, 5) is 22.8. The molecule has 0 saturated carbocycles. The fraction of sp³-hybridized carbons (Fsp3) is 0.130. The molecule has 35 heavy (non-hydrogen) atoms. The van der Waals surface area contributed by atoms with Crippen LogP contribution in [0, 0.1) is 0 Å². The van der Waals surface area contributed by atoms with E-state index in [4.69, 9.17) is 10.5 Å². The Morgan fingerprint density at radius 3 is 2.17 bits per heavy atom. The van der Waals surface area contributed by atoms with Crippen LogP contribution in [0.2, 0.25) is 0 Å². The summed E-state index contributed by atoms with van der Waals surface area (Å²) in [6.45, 7) is -0.363. The maximum atomic E-state index is 12.8. The quantitative estimate of drug-likeness (QED) is 0.408. The highest BCUT2D eigenvalue weighted by atomic mass is 32.2. The molecule has 3 aromatic rings. The van der Waals surface area contributed by atoms with Crippen molar-refractivity contribution in [2.75, 3.05) is 16.6 Å². The summed E-state index contributed by atoms with van der Waals surface area (Å²) in [7, 11) is -4.16. The molecule has 12 heteroatoms. The molecule has 0 aliphatic carbocycles. The standard InChI is InChI=1S/C23H20F3N3O5S/c24-23(25,26)16-2-1-3-18(13-16)29-35(32,33)20-10-8-19(9-11-20)34-14-22(31)28-17-6-4-15(5-7-17)12-21(27)30/h1-11,13,29H,12,14H2,(H2,27,30)(H,28,31). The first-order valence-electron chi connectivity index (χ1n) is 10.0. The van der Waals surface area contributed by atoms with Crippen molar-refractivity contribution in [1.29, 1.82) is 0 Å². The first-order chi connectivity index (χ1) is 16.4. The van der Waals surface area contributed by atoms with Gasteiger partial charge in [-0.2, -0.15) is 13.2 Å². The Bertz CT molecular complexity index is 1310. The fourth-order valence-corrected chi connectivity index (χ4v) is 3.99. The van der Waals surface area contributed by atoms with Crippen molar-refractivity contribution in [3.63, 3.8) is 0 Å².